The number of hydrogen-bond donors (Lipinski definition) is 3. The average Bonchev–Trinajstić information content (AvgIpc) is 3.02. The van der Waals surface area contributed by atoms with Crippen LogP contribution in [0.1, 0.15) is 70.9 Å². The number of nitrogens with one attached hydrogen (secondary N) is 2. The van der Waals surface area contributed by atoms with Crippen LogP contribution in [-0.2, 0) is 26.2 Å². The van der Waals surface area contributed by atoms with E-state index in [0.717, 1.165) is 58.6 Å². The molecule has 3 heterocycles. The Kier molecular flexibility index (Phi) is 9.56. The molecule has 0 aliphatic carbocycles. The molecule has 3 N–H and O–H groups in total. The highest BCUT2D eigenvalue weighted by Gasteiger charge is 2.41. The van der Waals surface area contributed by atoms with Crippen molar-refractivity contribution in [3.8, 4) is 11.1 Å². The van der Waals surface area contributed by atoms with Crippen LogP contribution in [-0.4, -0.2) is 61.0 Å². The topological polar surface area (TPSA) is 121 Å². The van der Waals surface area contributed by atoms with Crippen LogP contribution in [0.25, 0.3) is 11.1 Å². The number of pyridine rings is 1. The summed E-state index contributed by atoms with van der Waals surface area (Å²) < 4.78 is 11.1. The minimum absolute atomic E-state index is 0.117. The SMILES string of the molecule is CCN(c1cc(-c2ccc(C3(C(=O)O)CCOCC3)cc2)cc(C(=O)NCc2c(C)cc(C)[nH]c2=O)c1C)C1CCOCC1. The first kappa shape index (κ1) is 31.5. The second kappa shape index (κ2) is 13.4. The van der Waals surface area contributed by atoms with E-state index >= 15 is 0 Å². The number of carbonyl (C=O) groups is 2. The average molecular weight is 602 g/mol. The van der Waals surface area contributed by atoms with Gasteiger partial charge in [-0.25, -0.2) is 0 Å². The molecule has 9 nitrogen and oxygen atoms in total. The summed E-state index contributed by atoms with van der Waals surface area (Å²) in [6, 6.07) is 13.9. The molecule has 5 rings (SSSR count). The van der Waals surface area contributed by atoms with E-state index in [1.165, 1.54) is 0 Å². The molecule has 1 amide bonds. The number of anilines is 1. The fraction of sp³-hybridized carbons (Fsp3) is 0.457. The number of carbonyl (C=O) groups excluding carboxylic acids is 1. The number of ether oxygens (including phenoxy) is 2. The molecule has 2 aliphatic rings. The fourth-order valence-corrected chi connectivity index (χ4v) is 6.71. The zero-order valence-electron chi connectivity index (χ0n) is 26.1. The molecule has 2 saturated heterocycles. The lowest BCUT2D eigenvalue weighted by Gasteiger charge is -2.37. The highest BCUT2D eigenvalue weighted by molar-refractivity contribution is 5.99. The number of nitrogens with zero attached hydrogens (tertiary/aromatic N) is 1. The van der Waals surface area contributed by atoms with Gasteiger partial charge in [-0.2, -0.15) is 0 Å². The molecule has 2 fully saturated rings. The molecular weight excluding hydrogens is 558 g/mol. The largest absolute Gasteiger partial charge is 0.481 e. The van der Waals surface area contributed by atoms with E-state index in [1.54, 1.807) is 0 Å². The lowest BCUT2D eigenvalue weighted by Crippen LogP contribution is -2.41. The minimum atomic E-state index is -0.964. The van der Waals surface area contributed by atoms with Crippen molar-refractivity contribution >= 4 is 17.6 Å². The van der Waals surface area contributed by atoms with Crippen LogP contribution in [0.4, 0.5) is 5.69 Å². The van der Waals surface area contributed by atoms with E-state index in [2.05, 4.69) is 28.2 Å². The zero-order chi connectivity index (χ0) is 31.4. The number of benzene rings is 2. The Hall–Kier alpha value is -3.95. The van der Waals surface area contributed by atoms with Crippen molar-refractivity contribution in [3.63, 3.8) is 0 Å². The maximum Gasteiger partial charge on any atom is 0.314 e. The minimum Gasteiger partial charge on any atom is -0.481 e. The van der Waals surface area contributed by atoms with Gasteiger partial charge in [0.1, 0.15) is 0 Å². The highest BCUT2D eigenvalue weighted by Crippen LogP contribution is 2.38. The number of aryl methyl sites for hydroxylation is 2. The Morgan fingerprint density at radius 2 is 1.64 bits per heavy atom. The standard InChI is InChI=1S/C35H43N3O6/c1-5-38(28-10-14-43-15-11-28)31-20-26(25-6-8-27(9-7-25)35(34(41)42)12-16-44-17-13-35)19-29(24(31)4)32(39)36-21-30-22(2)18-23(3)37-33(30)40/h6-9,18-20,28H,5,10-17,21H2,1-4H3,(H,36,39)(H,37,40)(H,41,42). The molecule has 1 aromatic heterocycles. The molecule has 2 aliphatic heterocycles. The molecule has 0 saturated carbocycles. The van der Waals surface area contributed by atoms with E-state index in [0.29, 0.717) is 56.4 Å². The van der Waals surface area contributed by atoms with Crippen LogP contribution in [0.2, 0.25) is 0 Å². The molecule has 0 atom stereocenters. The first-order chi connectivity index (χ1) is 21.1. The summed E-state index contributed by atoms with van der Waals surface area (Å²) >= 11 is 0. The van der Waals surface area contributed by atoms with Crippen molar-refractivity contribution in [1.29, 1.82) is 0 Å². The zero-order valence-corrected chi connectivity index (χ0v) is 26.1. The third-order valence-electron chi connectivity index (χ3n) is 9.35. The summed E-state index contributed by atoms with van der Waals surface area (Å²) in [5.41, 5.74) is 5.91. The van der Waals surface area contributed by atoms with Crippen molar-refractivity contribution in [1.82, 2.24) is 10.3 Å². The van der Waals surface area contributed by atoms with Gasteiger partial charge in [0.25, 0.3) is 11.5 Å². The normalized spacial score (nSPS) is 16.8. The second-order valence-corrected chi connectivity index (χ2v) is 12.0. The summed E-state index contributed by atoms with van der Waals surface area (Å²) in [7, 11) is 0. The van der Waals surface area contributed by atoms with Crippen molar-refractivity contribution < 1.29 is 24.2 Å². The number of carboxylic acid groups (broad SMARTS) is 1. The molecule has 0 radical (unpaired) electrons. The van der Waals surface area contributed by atoms with Gasteiger partial charge in [0.15, 0.2) is 0 Å². The number of aromatic nitrogens is 1. The van der Waals surface area contributed by atoms with E-state index in [4.69, 9.17) is 9.47 Å². The van der Waals surface area contributed by atoms with Crippen molar-refractivity contribution in [2.24, 2.45) is 0 Å². The lowest BCUT2D eigenvalue weighted by atomic mass is 9.74. The molecule has 0 spiro atoms. The maximum absolute atomic E-state index is 13.8. The van der Waals surface area contributed by atoms with Gasteiger partial charge in [-0.05, 0) is 99.4 Å². The van der Waals surface area contributed by atoms with E-state index in [9.17, 15) is 19.5 Å². The number of aliphatic carboxylic acids is 1. The van der Waals surface area contributed by atoms with Crippen LogP contribution in [0.3, 0.4) is 0 Å². The molecular formula is C35H43N3O6. The van der Waals surface area contributed by atoms with Gasteiger partial charge in [0, 0.05) is 68.1 Å². The summed E-state index contributed by atoms with van der Waals surface area (Å²) in [5.74, 6) is -1.08. The number of H-pyrrole nitrogens is 1. The summed E-state index contributed by atoms with van der Waals surface area (Å²) in [6.45, 7) is 10.9. The van der Waals surface area contributed by atoms with Crippen molar-refractivity contribution in [2.45, 2.75) is 71.4 Å². The number of carboxylic acids is 1. The molecule has 9 heteroatoms. The van der Waals surface area contributed by atoms with Gasteiger partial charge in [0.05, 0.1) is 5.41 Å². The predicted octanol–water partition coefficient (Wildman–Crippen LogP) is 5.04. The molecule has 44 heavy (non-hydrogen) atoms. The van der Waals surface area contributed by atoms with Gasteiger partial charge >= 0.3 is 5.97 Å². The molecule has 2 aromatic carbocycles. The van der Waals surface area contributed by atoms with Crippen LogP contribution < -0.4 is 15.8 Å². The van der Waals surface area contributed by atoms with Gasteiger partial charge in [0.2, 0.25) is 0 Å². The Morgan fingerprint density at radius 3 is 2.25 bits per heavy atom. The monoisotopic (exact) mass is 601 g/mol. The van der Waals surface area contributed by atoms with Crippen LogP contribution in [0.15, 0.2) is 47.3 Å². The number of rotatable bonds is 9. The first-order valence-electron chi connectivity index (χ1n) is 15.5. The Morgan fingerprint density at radius 1 is 0.977 bits per heavy atom. The lowest BCUT2D eigenvalue weighted by molar-refractivity contribution is -0.147. The number of aromatic amines is 1. The predicted molar refractivity (Wildman–Crippen MR) is 171 cm³/mol. The molecule has 234 valence electrons. The van der Waals surface area contributed by atoms with E-state index in [-0.39, 0.29) is 18.0 Å². The van der Waals surface area contributed by atoms with Crippen LogP contribution in [0, 0.1) is 20.8 Å². The third kappa shape index (κ3) is 6.30. The van der Waals surface area contributed by atoms with Crippen LogP contribution in [0.5, 0.6) is 0 Å². The Bertz CT molecular complexity index is 1570. The van der Waals surface area contributed by atoms with Crippen molar-refractivity contribution in [2.75, 3.05) is 37.9 Å². The summed E-state index contributed by atoms with van der Waals surface area (Å²) in [6.07, 6.45) is 2.68. The van der Waals surface area contributed by atoms with Crippen LogP contribution >= 0.6 is 0 Å². The van der Waals surface area contributed by atoms with Gasteiger partial charge in [-0.1, -0.05) is 24.3 Å². The van der Waals surface area contributed by atoms with Gasteiger partial charge in [-0.15, -0.1) is 0 Å². The summed E-state index contributed by atoms with van der Waals surface area (Å²) in [4.78, 5) is 44.0. The quantitative estimate of drug-likeness (QED) is 0.314. The van der Waals surface area contributed by atoms with Crippen molar-refractivity contribution in [3.05, 3.63) is 86.3 Å². The molecule has 3 aromatic rings. The van der Waals surface area contributed by atoms with E-state index in [1.807, 2.05) is 57.2 Å². The smallest absolute Gasteiger partial charge is 0.314 e. The number of amides is 1. The van der Waals surface area contributed by atoms with E-state index < -0.39 is 11.4 Å². The highest BCUT2D eigenvalue weighted by atomic mass is 16.5. The second-order valence-electron chi connectivity index (χ2n) is 12.0. The Balaban J connectivity index is 1.53. The molecule has 0 unspecified atom stereocenters. The molecule has 0 bridgehead atoms. The van der Waals surface area contributed by atoms with Gasteiger partial charge in [-0.3, -0.25) is 14.4 Å². The first-order valence-corrected chi connectivity index (χ1v) is 15.5. The maximum atomic E-state index is 13.8. The number of hydrogen-bond acceptors (Lipinski definition) is 6. The third-order valence-corrected chi connectivity index (χ3v) is 9.35. The fourth-order valence-electron chi connectivity index (χ4n) is 6.71. The summed E-state index contributed by atoms with van der Waals surface area (Å²) in [5, 5.41) is 13.1. The van der Waals surface area contributed by atoms with Gasteiger partial charge < -0.3 is 29.8 Å². The Labute approximate surface area is 258 Å².